The third kappa shape index (κ3) is 3.76. The van der Waals surface area contributed by atoms with E-state index in [1.165, 1.54) is 0 Å². The molecule has 136 valence electrons. The molecule has 1 aliphatic heterocycles. The van der Waals surface area contributed by atoms with Gasteiger partial charge in [0.1, 0.15) is 0 Å². The molecule has 6 heteroatoms. The van der Waals surface area contributed by atoms with Gasteiger partial charge < -0.3 is 20.8 Å². The van der Waals surface area contributed by atoms with Crippen molar-refractivity contribution in [3.8, 4) is 0 Å². The van der Waals surface area contributed by atoms with Crippen molar-refractivity contribution in [2.45, 2.75) is 64.9 Å². The molecule has 0 bridgehead atoms. The zero-order valence-electron chi connectivity index (χ0n) is 16.3. The van der Waals surface area contributed by atoms with Crippen LogP contribution in [0.5, 0.6) is 0 Å². The maximum atomic E-state index is 6.66. The van der Waals surface area contributed by atoms with Crippen molar-refractivity contribution in [2.24, 2.45) is 11.7 Å². The van der Waals surface area contributed by atoms with E-state index in [9.17, 15) is 0 Å². The summed E-state index contributed by atoms with van der Waals surface area (Å²) < 4.78 is 6.66. The number of nitrogen functional groups attached to an aromatic ring is 1. The molecule has 5 nitrogen and oxygen atoms in total. The zero-order chi connectivity index (χ0) is 18.3. The smallest absolute Gasteiger partial charge is 0.192 e. The van der Waals surface area contributed by atoms with Gasteiger partial charge in [0.15, 0.2) is 8.32 Å². The van der Waals surface area contributed by atoms with Gasteiger partial charge in [-0.3, -0.25) is 4.98 Å². The quantitative estimate of drug-likeness (QED) is 0.819. The molecule has 0 radical (unpaired) electrons. The highest BCUT2D eigenvalue weighted by Crippen LogP contribution is 2.39. The largest absolute Gasteiger partial charge is 0.412 e. The second kappa shape index (κ2) is 6.65. The van der Waals surface area contributed by atoms with E-state index in [1.807, 2.05) is 13.1 Å². The van der Waals surface area contributed by atoms with Crippen molar-refractivity contribution in [1.29, 1.82) is 0 Å². The van der Waals surface area contributed by atoms with Gasteiger partial charge in [-0.1, -0.05) is 27.7 Å². The first-order chi connectivity index (χ1) is 10.9. The minimum atomic E-state index is -1.83. The minimum absolute atomic E-state index is 0.0187. The molecule has 3 unspecified atom stereocenters. The summed E-state index contributed by atoms with van der Waals surface area (Å²) in [6.07, 6.45) is 3.68. The Balaban J connectivity index is 2.18. The van der Waals surface area contributed by atoms with Gasteiger partial charge in [0.2, 0.25) is 0 Å². The summed E-state index contributed by atoms with van der Waals surface area (Å²) in [5.41, 5.74) is 15.6. The maximum absolute atomic E-state index is 6.66. The molecule has 1 fully saturated rings. The molecular formula is C18H34N4OSi. The molecule has 0 spiro atoms. The van der Waals surface area contributed by atoms with Crippen LogP contribution < -0.4 is 16.4 Å². The molecule has 0 amide bonds. The fraction of sp³-hybridized carbons (Fsp3) is 0.722. The number of hydrogen-bond acceptors (Lipinski definition) is 5. The van der Waals surface area contributed by atoms with E-state index in [0.29, 0.717) is 5.92 Å². The third-order valence-electron chi connectivity index (χ3n) is 5.60. The van der Waals surface area contributed by atoms with E-state index in [2.05, 4.69) is 50.7 Å². The van der Waals surface area contributed by atoms with Gasteiger partial charge in [0.05, 0.1) is 23.7 Å². The number of pyridine rings is 1. The molecule has 2 heterocycles. The average Bonchev–Trinajstić information content (AvgIpc) is 2.41. The van der Waals surface area contributed by atoms with Crippen molar-refractivity contribution in [1.82, 2.24) is 4.98 Å². The van der Waals surface area contributed by atoms with Crippen LogP contribution in [0.2, 0.25) is 18.1 Å². The molecule has 0 aliphatic carbocycles. The predicted octanol–water partition coefficient (Wildman–Crippen LogP) is 3.15. The molecule has 1 saturated heterocycles. The summed E-state index contributed by atoms with van der Waals surface area (Å²) in [5, 5.41) is 0.190. The van der Waals surface area contributed by atoms with Crippen LogP contribution in [0.4, 0.5) is 11.4 Å². The van der Waals surface area contributed by atoms with Gasteiger partial charge in [-0.2, -0.15) is 0 Å². The molecule has 3 atom stereocenters. The highest BCUT2D eigenvalue weighted by atomic mass is 28.4. The molecule has 4 N–H and O–H groups in total. The Morgan fingerprint density at radius 3 is 2.38 bits per heavy atom. The maximum Gasteiger partial charge on any atom is 0.192 e. The lowest BCUT2D eigenvalue weighted by atomic mass is 9.92. The summed E-state index contributed by atoms with van der Waals surface area (Å²) >= 11 is 0. The summed E-state index contributed by atoms with van der Waals surface area (Å²) in [5.74, 6) is 0.356. The van der Waals surface area contributed by atoms with Gasteiger partial charge >= 0.3 is 0 Å². The van der Waals surface area contributed by atoms with Crippen LogP contribution in [-0.4, -0.2) is 38.5 Å². The molecule has 2 rings (SSSR count). The monoisotopic (exact) mass is 350 g/mol. The number of nitrogens with zero attached hydrogens (tertiary/aromatic N) is 2. The predicted molar refractivity (Wildman–Crippen MR) is 105 cm³/mol. The fourth-order valence-corrected chi connectivity index (χ4v) is 4.66. The van der Waals surface area contributed by atoms with Crippen molar-refractivity contribution in [2.75, 3.05) is 23.7 Å². The van der Waals surface area contributed by atoms with Crippen LogP contribution in [-0.2, 0) is 4.43 Å². The molecule has 1 aromatic rings. The second-order valence-corrected chi connectivity index (χ2v) is 13.5. The normalized spacial score (nSPS) is 25.8. The lowest BCUT2D eigenvalue weighted by Crippen LogP contribution is -2.60. The molecular weight excluding hydrogens is 316 g/mol. The highest BCUT2D eigenvalue weighted by molar-refractivity contribution is 6.74. The Hall–Kier alpha value is -1.11. The van der Waals surface area contributed by atoms with Crippen molar-refractivity contribution in [3.05, 3.63) is 18.0 Å². The van der Waals surface area contributed by atoms with Gasteiger partial charge in [-0.05, 0) is 30.6 Å². The Kier molecular flexibility index (Phi) is 5.33. The van der Waals surface area contributed by atoms with E-state index >= 15 is 0 Å². The Labute approximate surface area is 147 Å². The molecule has 0 saturated carbocycles. The van der Waals surface area contributed by atoms with Gasteiger partial charge in [-0.25, -0.2) is 0 Å². The standard InChI is InChI=1S/C18H34N4OSi/c1-12-8-21-9-14(19)16(12)22-10-13(2)17(15(20)11-22)23-24(6,7)18(3,4)5/h8-9,13,15,17H,10-11,19-20H2,1-7H3. The Morgan fingerprint density at radius 2 is 1.88 bits per heavy atom. The van der Waals surface area contributed by atoms with E-state index < -0.39 is 8.32 Å². The first-order valence-electron chi connectivity index (χ1n) is 8.82. The van der Waals surface area contributed by atoms with E-state index in [0.717, 1.165) is 30.0 Å². The molecule has 1 aliphatic rings. The molecule has 24 heavy (non-hydrogen) atoms. The minimum Gasteiger partial charge on any atom is -0.412 e. The fourth-order valence-electron chi connectivity index (χ4n) is 3.22. The van der Waals surface area contributed by atoms with Crippen LogP contribution in [0.1, 0.15) is 33.3 Å². The van der Waals surface area contributed by atoms with Crippen LogP contribution in [0, 0.1) is 12.8 Å². The van der Waals surface area contributed by atoms with E-state index in [-0.39, 0.29) is 17.2 Å². The molecule has 1 aromatic heterocycles. The first-order valence-corrected chi connectivity index (χ1v) is 11.7. The number of anilines is 2. The van der Waals surface area contributed by atoms with Gasteiger partial charge in [0, 0.05) is 31.2 Å². The van der Waals surface area contributed by atoms with Crippen molar-refractivity contribution < 1.29 is 4.43 Å². The summed E-state index contributed by atoms with van der Waals surface area (Å²) in [6.45, 7) is 17.3. The number of hydrogen-bond donors (Lipinski definition) is 2. The second-order valence-electron chi connectivity index (χ2n) is 8.78. The number of nitrogens with two attached hydrogens (primary N) is 2. The van der Waals surface area contributed by atoms with Crippen LogP contribution in [0.25, 0.3) is 0 Å². The van der Waals surface area contributed by atoms with Crippen LogP contribution >= 0.6 is 0 Å². The number of piperidine rings is 1. The van der Waals surface area contributed by atoms with Gasteiger partial charge in [-0.15, -0.1) is 0 Å². The zero-order valence-corrected chi connectivity index (χ0v) is 17.3. The Bertz CT molecular complexity index is 553. The highest BCUT2D eigenvalue weighted by Gasteiger charge is 2.43. The summed E-state index contributed by atoms with van der Waals surface area (Å²) in [6, 6.07) is -0.0187. The van der Waals surface area contributed by atoms with Crippen LogP contribution in [0.3, 0.4) is 0 Å². The van der Waals surface area contributed by atoms with Crippen molar-refractivity contribution in [3.63, 3.8) is 0 Å². The lowest BCUT2D eigenvalue weighted by Gasteiger charge is -2.47. The number of aryl methyl sites for hydroxylation is 1. The van der Waals surface area contributed by atoms with E-state index in [4.69, 9.17) is 15.9 Å². The summed E-state index contributed by atoms with van der Waals surface area (Å²) in [4.78, 5) is 6.46. The van der Waals surface area contributed by atoms with Gasteiger partial charge in [0.25, 0.3) is 0 Å². The van der Waals surface area contributed by atoms with Crippen LogP contribution in [0.15, 0.2) is 12.4 Å². The third-order valence-corrected chi connectivity index (χ3v) is 10.1. The molecule has 0 aromatic carbocycles. The number of aromatic nitrogens is 1. The average molecular weight is 351 g/mol. The topological polar surface area (TPSA) is 77.4 Å². The Morgan fingerprint density at radius 1 is 1.25 bits per heavy atom. The van der Waals surface area contributed by atoms with E-state index in [1.54, 1.807) is 6.20 Å². The first kappa shape index (κ1) is 19.2. The summed E-state index contributed by atoms with van der Waals surface area (Å²) in [7, 11) is -1.83. The number of rotatable bonds is 3. The lowest BCUT2D eigenvalue weighted by molar-refractivity contribution is 0.0877. The SMILES string of the molecule is Cc1cncc(N)c1N1CC(C)C(O[Si](C)(C)C(C)(C)C)C(N)C1. The van der Waals surface area contributed by atoms with Crippen molar-refractivity contribution >= 4 is 19.7 Å².